The van der Waals surface area contributed by atoms with Gasteiger partial charge in [0.15, 0.2) is 0 Å². The van der Waals surface area contributed by atoms with E-state index in [2.05, 4.69) is 5.10 Å². The van der Waals surface area contributed by atoms with Crippen LogP contribution in [0.15, 0.2) is 0 Å². The molecule has 0 aliphatic rings. The third-order valence-corrected chi connectivity index (χ3v) is 2.58. The van der Waals surface area contributed by atoms with Crippen molar-refractivity contribution in [1.82, 2.24) is 9.78 Å². The van der Waals surface area contributed by atoms with Crippen molar-refractivity contribution in [3.63, 3.8) is 0 Å². The number of nitro groups is 1. The summed E-state index contributed by atoms with van der Waals surface area (Å²) in [4.78, 5) is 21.5. The average Bonchev–Trinajstić information content (AvgIpc) is 2.54. The van der Waals surface area contributed by atoms with Gasteiger partial charge in [0, 0.05) is 13.0 Å². The Morgan fingerprint density at radius 3 is 2.67 bits per heavy atom. The van der Waals surface area contributed by atoms with Crippen LogP contribution in [-0.4, -0.2) is 27.3 Å². The number of carbonyl (C=O) groups is 1. The number of hydrogen-bond acceptors (Lipinski definition) is 5. The highest BCUT2D eigenvalue weighted by molar-refractivity contribution is 5.69. The van der Waals surface area contributed by atoms with Gasteiger partial charge in [-0.15, -0.1) is 0 Å². The predicted octanol–water partition coefficient (Wildman–Crippen LogP) is 1.75. The van der Waals surface area contributed by atoms with Crippen LogP contribution in [0.5, 0.6) is 0 Å². The zero-order valence-electron chi connectivity index (χ0n) is 10.8. The van der Waals surface area contributed by atoms with Crippen molar-refractivity contribution in [2.45, 2.75) is 40.2 Å². The monoisotopic (exact) mass is 255 g/mol. The summed E-state index contributed by atoms with van der Waals surface area (Å²) in [5, 5.41) is 14.9. The second kappa shape index (κ2) is 6.13. The van der Waals surface area contributed by atoms with Gasteiger partial charge in [-0.1, -0.05) is 0 Å². The largest absolute Gasteiger partial charge is 0.466 e. The fourth-order valence-electron chi connectivity index (χ4n) is 1.78. The normalized spacial score (nSPS) is 10.4. The van der Waals surface area contributed by atoms with E-state index in [9.17, 15) is 14.9 Å². The van der Waals surface area contributed by atoms with E-state index in [1.807, 2.05) is 0 Å². The van der Waals surface area contributed by atoms with Crippen LogP contribution in [0.4, 0.5) is 5.69 Å². The molecule has 7 nitrogen and oxygen atoms in total. The summed E-state index contributed by atoms with van der Waals surface area (Å²) in [5.74, 6) is -0.256. The molecule has 1 aromatic rings. The van der Waals surface area contributed by atoms with Crippen LogP contribution in [0.2, 0.25) is 0 Å². The van der Waals surface area contributed by atoms with Gasteiger partial charge in [-0.3, -0.25) is 19.6 Å². The molecule has 0 fully saturated rings. The quantitative estimate of drug-likeness (QED) is 0.439. The Bertz CT molecular complexity index is 453. The fourth-order valence-corrected chi connectivity index (χ4v) is 1.78. The minimum absolute atomic E-state index is 0.0473. The Hall–Kier alpha value is -1.92. The fraction of sp³-hybridized carbons (Fsp3) is 0.636. The SMILES string of the molecule is CCOC(=O)CCCn1nc(C)c([N+](=O)[O-])c1C. The van der Waals surface area contributed by atoms with E-state index in [1.165, 1.54) is 0 Å². The first-order valence-corrected chi connectivity index (χ1v) is 5.81. The zero-order valence-corrected chi connectivity index (χ0v) is 10.8. The lowest BCUT2D eigenvalue weighted by atomic mass is 10.3. The number of esters is 1. The maximum absolute atomic E-state index is 11.1. The molecule has 0 aliphatic carbocycles. The first-order chi connectivity index (χ1) is 8.47. The molecule has 0 atom stereocenters. The van der Waals surface area contributed by atoms with E-state index in [0.29, 0.717) is 37.4 Å². The minimum Gasteiger partial charge on any atom is -0.466 e. The summed E-state index contributed by atoms with van der Waals surface area (Å²) in [7, 11) is 0. The van der Waals surface area contributed by atoms with Gasteiger partial charge in [0.05, 0.1) is 11.5 Å². The molecule has 18 heavy (non-hydrogen) atoms. The molecule has 0 radical (unpaired) electrons. The molecule has 1 rings (SSSR count). The molecule has 1 aromatic heterocycles. The smallest absolute Gasteiger partial charge is 0.312 e. The highest BCUT2D eigenvalue weighted by Gasteiger charge is 2.21. The van der Waals surface area contributed by atoms with Crippen molar-refractivity contribution in [3.8, 4) is 0 Å². The average molecular weight is 255 g/mol. The molecule has 0 bridgehead atoms. The third-order valence-electron chi connectivity index (χ3n) is 2.58. The van der Waals surface area contributed by atoms with Gasteiger partial charge in [0.1, 0.15) is 11.4 Å². The number of ether oxygens (including phenoxy) is 1. The van der Waals surface area contributed by atoms with Crippen molar-refractivity contribution in [2.24, 2.45) is 0 Å². The molecule has 0 saturated heterocycles. The summed E-state index contributed by atoms with van der Waals surface area (Å²) in [5.41, 5.74) is 0.959. The van der Waals surface area contributed by atoms with Crippen LogP contribution in [0, 0.1) is 24.0 Å². The molecule has 7 heteroatoms. The molecule has 0 saturated carbocycles. The molecule has 0 spiro atoms. The highest BCUT2D eigenvalue weighted by Crippen LogP contribution is 2.21. The van der Waals surface area contributed by atoms with Gasteiger partial charge in [0.25, 0.3) is 0 Å². The van der Waals surface area contributed by atoms with E-state index < -0.39 is 4.92 Å². The van der Waals surface area contributed by atoms with E-state index in [1.54, 1.807) is 25.5 Å². The standard InChI is InChI=1S/C11H17N3O4/c1-4-18-10(15)6-5-7-13-9(3)11(14(16)17)8(2)12-13/h4-7H2,1-3H3. The van der Waals surface area contributed by atoms with Crippen molar-refractivity contribution >= 4 is 11.7 Å². The minimum atomic E-state index is -0.431. The Balaban J connectivity index is 2.61. The van der Waals surface area contributed by atoms with E-state index in [0.717, 1.165) is 0 Å². The molecule has 0 aromatic carbocycles. The zero-order chi connectivity index (χ0) is 13.7. The maximum atomic E-state index is 11.1. The molecular weight excluding hydrogens is 238 g/mol. The van der Waals surface area contributed by atoms with Crippen LogP contribution in [0.1, 0.15) is 31.2 Å². The second-order valence-corrected chi connectivity index (χ2v) is 3.91. The van der Waals surface area contributed by atoms with Crippen molar-refractivity contribution in [1.29, 1.82) is 0 Å². The lowest BCUT2D eigenvalue weighted by Crippen LogP contribution is -2.08. The van der Waals surface area contributed by atoms with Crippen LogP contribution >= 0.6 is 0 Å². The number of nitrogens with zero attached hydrogens (tertiary/aromatic N) is 3. The van der Waals surface area contributed by atoms with Crippen molar-refractivity contribution in [3.05, 3.63) is 21.5 Å². The van der Waals surface area contributed by atoms with Gasteiger partial charge in [-0.2, -0.15) is 5.10 Å². The van der Waals surface area contributed by atoms with Crippen LogP contribution < -0.4 is 0 Å². The summed E-state index contributed by atoms with van der Waals surface area (Å²) in [6.45, 7) is 5.85. The molecule has 1 heterocycles. The number of aryl methyl sites for hydroxylation is 2. The summed E-state index contributed by atoms with van der Waals surface area (Å²) in [6.07, 6.45) is 0.845. The van der Waals surface area contributed by atoms with Gasteiger partial charge >= 0.3 is 11.7 Å². The highest BCUT2D eigenvalue weighted by atomic mass is 16.6. The van der Waals surface area contributed by atoms with E-state index >= 15 is 0 Å². The molecule has 0 unspecified atom stereocenters. The van der Waals surface area contributed by atoms with Gasteiger partial charge < -0.3 is 4.74 Å². The van der Waals surface area contributed by atoms with Crippen molar-refractivity contribution in [2.75, 3.05) is 6.61 Å². The van der Waals surface area contributed by atoms with Gasteiger partial charge in [-0.05, 0) is 27.2 Å². The predicted molar refractivity (Wildman–Crippen MR) is 64.2 cm³/mol. The summed E-state index contributed by atoms with van der Waals surface area (Å²) in [6, 6.07) is 0. The number of rotatable bonds is 6. The third kappa shape index (κ3) is 3.28. The lowest BCUT2D eigenvalue weighted by Gasteiger charge is -2.03. The number of carbonyl (C=O) groups excluding carboxylic acids is 1. The Morgan fingerprint density at radius 1 is 1.50 bits per heavy atom. The van der Waals surface area contributed by atoms with Gasteiger partial charge in [-0.25, -0.2) is 0 Å². The summed E-state index contributed by atoms with van der Waals surface area (Å²) < 4.78 is 6.36. The molecule has 100 valence electrons. The Labute approximate surface area is 105 Å². The topological polar surface area (TPSA) is 87.3 Å². The second-order valence-electron chi connectivity index (χ2n) is 3.91. The summed E-state index contributed by atoms with van der Waals surface area (Å²) >= 11 is 0. The molecular formula is C11H17N3O4. The van der Waals surface area contributed by atoms with E-state index in [4.69, 9.17) is 4.74 Å². The Morgan fingerprint density at radius 2 is 2.17 bits per heavy atom. The molecule has 0 N–H and O–H groups in total. The van der Waals surface area contributed by atoms with E-state index in [-0.39, 0.29) is 11.7 Å². The first-order valence-electron chi connectivity index (χ1n) is 5.81. The van der Waals surface area contributed by atoms with Crippen molar-refractivity contribution < 1.29 is 14.5 Å². The Kier molecular flexibility index (Phi) is 4.82. The molecule has 0 amide bonds. The van der Waals surface area contributed by atoms with Crippen LogP contribution in [-0.2, 0) is 16.1 Å². The van der Waals surface area contributed by atoms with Gasteiger partial charge in [0.2, 0.25) is 0 Å². The maximum Gasteiger partial charge on any atom is 0.312 e. The van der Waals surface area contributed by atoms with Crippen LogP contribution in [0.25, 0.3) is 0 Å². The molecule has 0 aliphatic heterocycles. The lowest BCUT2D eigenvalue weighted by molar-refractivity contribution is -0.386. The number of aromatic nitrogens is 2. The van der Waals surface area contributed by atoms with Crippen LogP contribution in [0.3, 0.4) is 0 Å². The number of hydrogen-bond donors (Lipinski definition) is 0. The first kappa shape index (κ1) is 14.1.